The maximum absolute atomic E-state index is 13.1. The number of carboxylic acid groups (broad SMARTS) is 1. The lowest BCUT2D eigenvalue weighted by atomic mass is 9.96. The van der Waals surface area contributed by atoms with E-state index in [9.17, 15) is 24.3 Å². The molecule has 10 heteroatoms. The fourth-order valence-corrected chi connectivity index (χ4v) is 3.46. The van der Waals surface area contributed by atoms with Gasteiger partial charge in [-0.15, -0.1) is 0 Å². The molecule has 0 saturated heterocycles. The molecule has 0 rings (SSSR count). The Morgan fingerprint density at radius 2 is 1.47 bits per heavy atom. The average Bonchev–Trinajstić information content (AvgIpc) is 2.71. The van der Waals surface area contributed by atoms with Crippen molar-refractivity contribution < 1.29 is 24.3 Å². The highest BCUT2D eigenvalue weighted by molar-refractivity contribution is 7.98. The highest BCUT2D eigenvalue weighted by atomic mass is 32.2. The van der Waals surface area contributed by atoms with Crippen LogP contribution in [-0.4, -0.2) is 65.0 Å². The molecule has 0 spiro atoms. The molecule has 9 nitrogen and oxygen atoms in total. The number of nitrogens with two attached hydrogens (primary N) is 1. The summed E-state index contributed by atoms with van der Waals surface area (Å²) in [5.41, 5.74) is 5.92. The Morgan fingerprint density at radius 1 is 0.906 bits per heavy atom. The molecule has 0 aliphatic heterocycles. The van der Waals surface area contributed by atoms with E-state index in [0.29, 0.717) is 18.6 Å². The molecule has 3 amide bonds. The van der Waals surface area contributed by atoms with Gasteiger partial charge in [0.25, 0.3) is 0 Å². The molecule has 32 heavy (non-hydrogen) atoms. The van der Waals surface area contributed by atoms with E-state index in [1.54, 1.807) is 0 Å². The number of hydrogen-bond acceptors (Lipinski definition) is 6. The summed E-state index contributed by atoms with van der Waals surface area (Å²) < 4.78 is 0. The van der Waals surface area contributed by atoms with Crippen LogP contribution in [0.3, 0.4) is 0 Å². The van der Waals surface area contributed by atoms with Crippen molar-refractivity contribution in [3.05, 3.63) is 0 Å². The molecule has 5 unspecified atom stereocenters. The van der Waals surface area contributed by atoms with Gasteiger partial charge in [-0.2, -0.15) is 11.8 Å². The van der Waals surface area contributed by atoms with E-state index >= 15 is 0 Å². The Labute approximate surface area is 196 Å². The quantitative estimate of drug-likeness (QED) is 0.240. The molecule has 0 aromatic carbocycles. The van der Waals surface area contributed by atoms with E-state index in [4.69, 9.17) is 5.73 Å². The standard InChI is InChI=1S/C22H42N4O5S/c1-8-14(6)18(21(29)24-15(22(30)31)9-10-32-7)26-19(27)16(11-12(2)3)25-20(28)17(23)13(4)5/h12-18H,8-11,23H2,1-7H3,(H,24,29)(H,25,28)(H,26,27)(H,30,31). The van der Waals surface area contributed by atoms with Gasteiger partial charge in [-0.05, 0) is 42.6 Å². The first-order valence-corrected chi connectivity index (χ1v) is 12.6. The van der Waals surface area contributed by atoms with Crippen LogP contribution in [0.5, 0.6) is 0 Å². The summed E-state index contributed by atoms with van der Waals surface area (Å²) in [7, 11) is 0. The molecule has 0 aliphatic carbocycles. The van der Waals surface area contributed by atoms with Crippen molar-refractivity contribution in [2.75, 3.05) is 12.0 Å². The number of carboxylic acids is 1. The molecule has 0 aromatic heterocycles. The van der Waals surface area contributed by atoms with Gasteiger partial charge in [0.05, 0.1) is 6.04 Å². The van der Waals surface area contributed by atoms with Crippen molar-refractivity contribution >= 4 is 35.5 Å². The topological polar surface area (TPSA) is 151 Å². The average molecular weight is 475 g/mol. The summed E-state index contributed by atoms with van der Waals surface area (Å²) in [6.45, 7) is 11.2. The molecule has 6 N–H and O–H groups in total. The molecule has 0 aromatic rings. The van der Waals surface area contributed by atoms with Crippen LogP contribution < -0.4 is 21.7 Å². The summed E-state index contributed by atoms with van der Waals surface area (Å²) in [6.07, 6.45) is 3.11. The number of carbonyl (C=O) groups excluding carboxylic acids is 3. The van der Waals surface area contributed by atoms with Crippen molar-refractivity contribution in [1.82, 2.24) is 16.0 Å². The second-order valence-electron chi connectivity index (χ2n) is 9.01. The predicted octanol–water partition coefficient (Wildman–Crippen LogP) is 1.35. The highest BCUT2D eigenvalue weighted by Crippen LogP contribution is 2.12. The van der Waals surface area contributed by atoms with Gasteiger partial charge in [0.2, 0.25) is 17.7 Å². The van der Waals surface area contributed by atoms with E-state index in [1.165, 1.54) is 11.8 Å². The summed E-state index contributed by atoms with van der Waals surface area (Å²) >= 11 is 1.49. The first kappa shape index (κ1) is 30.2. The third-order valence-corrected chi connectivity index (χ3v) is 6.02. The number of thioether (sulfide) groups is 1. The third kappa shape index (κ3) is 10.7. The molecule has 0 fully saturated rings. The lowest BCUT2D eigenvalue weighted by molar-refractivity contribution is -0.142. The van der Waals surface area contributed by atoms with E-state index in [2.05, 4.69) is 16.0 Å². The minimum atomic E-state index is -1.12. The number of carbonyl (C=O) groups is 4. The Kier molecular flexibility index (Phi) is 14.2. The first-order chi connectivity index (χ1) is 14.8. The molecule has 0 saturated carbocycles. The van der Waals surface area contributed by atoms with Crippen molar-refractivity contribution in [1.29, 1.82) is 0 Å². The van der Waals surface area contributed by atoms with Crippen molar-refractivity contribution in [2.45, 2.75) is 85.0 Å². The van der Waals surface area contributed by atoms with Gasteiger partial charge in [-0.1, -0.05) is 48.0 Å². The second-order valence-corrected chi connectivity index (χ2v) is 10.00. The molecule has 0 heterocycles. The largest absolute Gasteiger partial charge is 0.480 e. The van der Waals surface area contributed by atoms with Gasteiger partial charge in [0.15, 0.2) is 0 Å². The van der Waals surface area contributed by atoms with Crippen LogP contribution in [-0.2, 0) is 19.2 Å². The number of aliphatic carboxylic acids is 1. The minimum Gasteiger partial charge on any atom is -0.480 e. The Morgan fingerprint density at radius 3 is 1.91 bits per heavy atom. The number of nitrogens with one attached hydrogen (secondary N) is 3. The zero-order chi connectivity index (χ0) is 25.0. The van der Waals surface area contributed by atoms with Crippen LogP contribution in [0.15, 0.2) is 0 Å². The summed E-state index contributed by atoms with van der Waals surface area (Å²) in [5, 5.41) is 17.4. The normalized spacial score (nSPS) is 16.1. The van der Waals surface area contributed by atoms with Crippen molar-refractivity contribution in [2.24, 2.45) is 23.5 Å². The Bertz CT molecular complexity index is 629. The zero-order valence-corrected chi connectivity index (χ0v) is 21.3. The maximum Gasteiger partial charge on any atom is 0.326 e. The van der Waals surface area contributed by atoms with Crippen LogP contribution in [0, 0.1) is 17.8 Å². The van der Waals surface area contributed by atoms with E-state index < -0.39 is 47.9 Å². The third-order valence-electron chi connectivity index (χ3n) is 5.38. The SMILES string of the molecule is CCC(C)C(NC(=O)C(CC(C)C)NC(=O)C(N)C(C)C)C(=O)NC(CCSC)C(=O)O. The summed E-state index contributed by atoms with van der Waals surface area (Å²) in [5.74, 6) is -2.21. The highest BCUT2D eigenvalue weighted by Gasteiger charge is 2.33. The molecular weight excluding hydrogens is 432 g/mol. The van der Waals surface area contributed by atoms with Gasteiger partial charge in [0, 0.05) is 0 Å². The Hall–Kier alpha value is -1.81. The monoisotopic (exact) mass is 474 g/mol. The van der Waals surface area contributed by atoms with Crippen molar-refractivity contribution in [3.8, 4) is 0 Å². The van der Waals surface area contributed by atoms with Gasteiger partial charge in [0.1, 0.15) is 18.1 Å². The zero-order valence-electron chi connectivity index (χ0n) is 20.4. The van der Waals surface area contributed by atoms with Gasteiger partial charge in [-0.3, -0.25) is 14.4 Å². The smallest absolute Gasteiger partial charge is 0.326 e. The predicted molar refractivity (Wildman–Crippen MR) is 128 cm³/mol. The van der Waals surface area contributed by atoms with E-state index in [1.807, 2.05) is 47.8 Å². The van der Waals surface area contributed by atoms with Gasteiger partial charge < -0.3 is 26.8 Å². The number of amides is 3. The molecule has 186 valence electrons. The fourth-order valence-electron chi connectivity index (χ4n) is 2.98. The summed E-state index contributed by atoms with van der Waals surface area (Å²) in [6, 6.07) is -3.56. The lowest BCUT2D eigenvalue weighted by Crippen LogP contribution is -2.59. The first-order valence-electron chi connectivity index (χ1n) is 11.2. The van der Waals surface area contributed by atoms with Crippen LogP contribution in [0.1, 0.15) is 60.8 Å². The fraction of sp³-hybridized carbons (Fsp3) is 0.818. The van der Waals surface area contributed by atoms with Crippen LogP contribution in [0.2, 0.25) is 0 Å². The van der Waals surface area contributed by atoms with Crippen LogP contribution in [0.25, 0.3) is 0 Å². The lowest BCUT2D eigenvalue weighted by Gasteiger charge is -2.29. The summed E-state index contributed by atoms with van der Waals surface area (Å²) in [4.78, 5) is 50.0. The molecule has 0 aliphatic rings. The molecule has 0 radical (unpaired) electrons. The van der Waals surface area contributed by atoms with Crippen molar-refractivity contribution in [3.63, 3.8) is 0 Å². The molecular formula is C22H42N4O5S. The van der Waals surface area contributed by atoms with E-state index in [-0.39, 0.29) is 24.2 Å². The number of hydrogen-bond donors (Lipinski definition) is 5. The maximum atomic E-state index is 13.1. The minimum absolute atomic E-state index is 0.0920. The second kappa shape index (κ2) is 15.1. The molecule has 0 bridgehead atoms. The number of rotatable bonds is 15. The van der Waals surface area contributed by atoms with Gasteiger partial charge >= 0.3 is 5.97 Å². The molecule has 5 atom stereocenters. The van der Waals surface area contributed by atoms with Gasteiger partial charge in [-0.25, -0.2) is 4.79 Å². The van der Waals surface area contributed by atoms with Crippen LogP contribution in [0.4, 0.5) is 0 Å². The Balaban J connectivity index is 5.52. The van der Waals surface area contributed by atoms with E-state index in [0.717, 1.165) is 0 Å². The van der Waals surface area contributed by atoms with Crippen LogP contribution >= 0.6 is 11.8 Å².